The van der Waals surface area contributed by atoms with Gasteiger partial charge in [0.1, 0.15) is 12.4 Å². The van der Waals surface area contributed by atoms with Crippen LogP contribution in [0, 0.1) is 0 Å². The van der Waals surface area contributed by atoms with E-state index in [0.29, 0.717) is 12.4 Å². The van der Waals surface area contributed by atoms with Gasteiger partial charge in [0.2, 0.25) is 0 Å². The number of fused-ring (bicyclic) bond motifs is 1. The second-order valence-electron chi connectivity index (χ2n) is 6.76. The molecule has 0 spiro atoms. The van der Waals surface area contributed by atoms with Crippen molar-refractivity contribution in [3.63, 3.8) is 0 Å². The van der Waals surface area contributed by atoms with E-state index < -0.39 is 11.7 Å². The first-order valence-corrected chi connectivity index (χ1v) is 9.66. The van der Waals surface area contributed by atoms with Crippen LogP contribution in [-0.4, -0.2) is 6.61 Å². The van der Waals surface area contributed by atoms with Crippen LogP contribution in [0.1, 0.15) is 30.0 Å². The Labute approximate surface area is 170 Å². The highest BCUT2D eigenvalue weighted by Crippen LogP contribution is 2.31. The van der Waals surface area contributed by atoms with E-state index in [1.807, 2.05) is 31.2 Å². The van der Waals surface area contributed by atoms with E-state index in [4.69, 9.17) is 4.74 Å². The van der Waals surface area contributed by atoms with Gasteiger partial charge >= 0.3 is 0 Å². The van der Waals surface area contributed by atoms with Crippen LogP contribution in [0.25, 0.3) is 22.4 Å². The molecule has 0 fully saturated rings. The van der Waals surface area contributed by atoms with Crippen molar-refractivity contribution in [2.24, 2.45) is 0 Å². The van der Waals surface area contributed by atoms with Gasteiger partial charge in [-0.2, -0.15) is 0 Å². The van der Waals surface area contributed by atoms with Gasteiger partial charge in [-0.05, 0) is 66.4 Å². The van der Waals surface area contributed by atoms with E-state index in [0.717, 1.165) is 23.6 Å². The summed E-state index contributed by atoms with van der Waals surface area (Å²) in [5.74, 6) is -1.18. The average Bonchev–Trinajstić information content (AvgIpc) is 2.77. The number of rotatable bonds is 8. The first kappa shape index (κ1) is 20.5. The van der Waals surface area contributed by atoms with Crippen molar-refractivity contribution in [3.8, 4) is 5.75 Å². The third kappa shape index (κ3) is 5.20. The summed E-state index contributed by atoms with van der Waals surface area (Å²) in [6.45, 7) is 5.95. The number of halogens is 2. The van der Waals surface area contributed by atoms with Crippen molar-refractivity contribution in [1.29, 1.82) is 0 Å². The fourth-order valence-electron chi connectivity index (χ4n) is 3.11. The van der Waals surface area contributed by atoms with Gasteiger partial charge < -0.3 is 4.74 Å². The highest BCUT2D eigenvalue weighted by molar-refractivity contribution is 5.90. The maximum atomic E-state index is 14.8. The molecule has 3 aromatic carbocycles. The Hall–Kier alpha value is -3.20. The molecule has 0 amide bonds. The molecule has 0 atom stereocenters. The minimum atomic E-state index is -0.886. The molecule has 29 heavy (non-hydrogen) atoms. The van der Waals surface area contributed by atoms with Gasteiger partial charge in [0.05, 0.1) is 0 Å². The van der Waals surface area contributed by atoms with Crippen molar-refractivity contribution in [2.45, 2.75) is 19.8 Å². The lowest BCUT2D eigenvalue weighted by Crippen LogP contribution is -1.92. The van der Waals surface area contributed by atoms with E-state index in [-0.39, 0.29) is 11.1 Å². The largest absolute Gasteiger partial charge is 0.490 e. The monoisotopic (exact) mass is 390 g/mol. The Morgan fingerprint density at radius 1 is 0.897 bits per heavy atom. The molecule has 0 saturated carbocycles. The minimum Gasteiger partial charge on any atom is -0.490 e. The van der Waals surface area contributed by atoms with Crippen LogP contribution in [0.15, 0.2) is 85.5 Å². The van der Waals surface area contributed by atoms with Crippen molar-refractivity contribution in [3.05, 3.63) is 102 Å². The lowest BCUT2D eigenvalue weighted by molar-refractivity contribution is 0.363. The van der Waals surface area contributed by atoms with E-state index in [9.17, 15) is 8.78 Å². The number of benzene rings is 3. The molecule has 0 heterocycles. The lowest BCUT2D eigenvalue weighted by Gasteiger charge is -2.07. The maximum Gasteiger partial charge on any atom is 0.166 e. The zero-order valence-corrected chi connectivity index (χ0v) is 16.5. The number of aryl methyl sites for hydroxylation is 1. The molecule has 3 aromatic rings. The van der Waals surface area contributed by atoms with E-state index in [1.165, 1.54) is 17.7 Å². The van der Waals surface area contributed by atoms with Crippen molar-refractivity contribution >= 4 is 22.4 Å². The predicted octanol–water partition coefficient (Wildman–Crippen LogP) is 7.68. The number of hydrogen-bond donors (Lipinski definition) is 0. The fraction of sp³-hybridized carbons (Fsp3) is 0.154. The number of ether oxygens (including phenoxy) is 1. The van der Waals surface area contributed by atoms with Crippen LogP contribution >= 0.6 is 0 Å². The molecule has 1 nitrogen and oxygen atoms in total. The Balaban J connectivity index is 1.84. The molecule has 3 rings (SSSR count). The van der Waals surface area contributed by atoms with Crippen molar-refractivity contribution < 1.29 is 13.5 Å². The van der Waals surface area contributed by atoms with E-state index in [2.05, 4.69) is 18.7 Å². The number of allylic oxidation sites excluding steroid dienone is 2. The molecule has 148 valence electrons. The molecule has 0 aromatic heterocycles. The second kappa shape index (κ2) is 9.83. The standard InChI is InChI=1S/C26H24F2O/c1-3-5-6-7-19-8-9-22-18-23(11-10-21(22)17-19)26(28)25(27)20-12-14-24(15-13-20)29-16-4-2/h3-5,8-15,17-18H,2,6-7,16H2,1H3/b5-3+,26-25?. The summed E-state index contributed by atoms with van der Waals surface area (Å²) in [6, 6.07) is 17.5. The molecule has 0 bridgehead atoms. The molecule has 0 aliphatic heterocycles. The summed E-state index contributed by atoms with van der Waals surface area (Å²) < 4.78 is 34.8. The minimum absolute atomic E-state index is 0.174. The fourth-order valence-corrected chi connectivity index (χ4v) is 3.11. The van der Waals surface area contributed by atoms with Gasteiger partial charge in [0.15, 0.2) is 11.7 Å². The summed E-state index contributed by atoms with van der Waals surface area (Å²) in [6.07, 6.45) is 7.74. The first-order chi connectivity index (χ1) is 14.1. The quantitative estimate of drug-likeness (QED) is 0.283. The van der Waals surface area contributed by atoms with Crippen LogP contribution in [0.4, 0.5) is 8.78 Å². The zero-order chi connectivity index (χ0) is 20.6. The Kier molecular flexibility index (Phi) is 6.96. The topological polar surface area (TPSA) is 9.23 Å². The Bertz CT molecular complexity index is 1050. The first-order valence-electron chi connectivity index (χ1n) is 9.66. The Morgan fingerprint density at radius 2 is 1.55 bits per heavy atom. The summed E-state index contributed by atoms with van der Waals surface area (Å²) in [5, 5.41) is 1.90. The molecular formula is C26H24F2O. The third-order valence-electron chi connectivity index (χ3n) is 4.66. The van der Waals surface area contributed by atoms with Gasteiger partial charge in [-0.15, -0.1) is 0 Å². The average molecular weight is 390 g/mol. The van der Waals surface area contributed by atoms with E-state index >= 15 is 0 Å². The Morgan fingerprint density at radius 3 is 2.28 bits per heavy atom. The summed E-state index contributed by atoms with van der Waals surface area (Å²) in [5.41, 5.74) is 1.63. The van der Waals surface area contributed by atoms with Gasteiger partial charge in [-0.3, -0.25) is 0 Å². The van der Waals surface area contributed by atoms with Crippen molar-refractivity contribution in [2.75, 3.05) is 6.61 Å². The molecule has 0 aliphatic rings. The molecule has 3 heteroatoms. The third-order valence-corrected chi connectivity index (χ3v) is 4.66. The molecule has 0 N–H and O–H groups in total. The molecular weight excluding hydrogens is 366 g/mol. The molecule has 0 saturated heterocycles. The van der Waals surface area contributed by atoms with Gasteiger partial charge in [-0.1, -0.05) is 55.1 Å². The maximum absolute atomic E-state index is 14.8. The molecule has 0 unspecified atom stereocenters. The predicted molar refractivity (Wildman–Crippen MR) is 118 cm³/mol. The molecule has 0 radical (unpaired) electrons. The smallest absolute Gasteiger partial charge is 0.166 e. The van der Waals surface area contributed by atoms with Crippen LogP contribution in [0.3, 0.4) is 0 Å². The summed E-state index contributed by atoms with van der Waals surface area (Å²) in [7, 11) is 0. The highest BCUT2D eigenvalue weighted by atomic mass is 19.2. The summed E-state index contributed by atoms with van der Waals surface area (Å²) >= 11 is 0. The van der Waals surface area contributed by atoms with Crippen LogP contribution < -0.4 is 4.74 Å². The highest BCUT2D eigenvalue weighted by Gasteiger charge is 2.12. The SMILES string of the molecule is C=CCOc1ccc(C(F)=C(F)c2ccc3cc(CC/C=C/C)ccc3c2)cc1. The second-order valence-corrected chi connectivity index (χ2v) is 6.76. The van der Waals surface area contributed by atoms with Gasteiger partial charge in [0.25, 0.3) is 0 Å². The molecule has 0 aliphatic carbocycles. The van der Waals surface area contributed by atoms with Crippen LogP contribution in [0.5, 0.6) is 5.75 Å². The van der Waals surface area contributed by atoms with Gasteiger partial charge in [-0.25, -0.2) is 8.78 Å². The van der Waals surface area contributed by atoms with Crippen LogP contribution in [-0.2, 0) is 6.42 Å². The lowest BCUT2D eigenvalue weighted by atomic mass is 10.0. The van der Waals surface area contributed by atoms with E-state index in [1.54, 1.807) is 30.3 Å². The zero-order valence-electron chi connectivity index (χ0n) is 16.5. The number of hydrogen-bond acceptors (Lipinski definition) is 1. The summed E-state index contributed by atoms with van der Waals surface area (Å²) in [4.78, 5) is 0. The van der Waals surface area contributed by atoms with Gasteiger partial charge in [0, 0.05) is 11.1 Å². The van der Waals surface area contributed by atoms with Crippen LogP contribution in [0.2, 0.25) is 0 Å². The van der Waals surface area contributed by atoms with Crippen molar-refractivity contribution in [1.82, 2.24) is 0 Å². The normalized spacial score (nSPS) is 12.2.